The smallest absolute Gasteiger partial charge is 0.161 e. The number of hydrogen-bond donors (Lipinski definition) is 1. The largest absolute Gasteiger partial charge is 0.382 e. The second-order valence-corrected chi connectivity index (χ2v) is 5.17. The molecule has 0 radical (unpaired) electrons. The Bertz CT molecular complexity index is 222. The molecule has 0 aromatic heterocycles. The van der Waals surface area contributed by atoms with Crippen LogP contribution in [0.3, 0.4) is 0 Å². The minimum Gasteiger partial charge on any atom is -0.382 e. The van der Waals surface area contributed by atoms with Gasteiger partial charge in [-0.3, -0.25) is 4.79 Å². The third kappa shape index (κ3) is 2.00. The van der Waals surface area contributed by atoms with E-state index in [1.165, 1.54) is 6.92 Å². The molecule has 1 aliphatic rings. The molecule has 1 N–H and O–H groups in total. The molecule has 0 spiro atoms. The predicted molar refractivity (Wildman–Crippen MR) is 57.0 cm³/mol. The van der Waals surface area contributed by atoms with Crippen LogP contribution in [-0.2, 0) is 4.79 Å². The van der Waals surface area contributed by atoms with Gasteiger partial charge in [0.25, 0.3) is 0 Å². The zero-order valence-corrected chi connectivity index (χ0v) is 9.71. The Morgan fingerprint density at radius 2 is 2.00 bits per heavy atom. The third-order valence-corrected chi connectivity index (χ3v) is 3.91. The van der Waals surface area contributed by atoms with Crippen LogP contribution in [0.2, 0.25) is 0 Å². The minimum atomic E-state index is -1.05. The summed E-state index contributed by atoms with van der Waals surface area (Å²) in [5.41, 5.74) is -1.05. The second-order valence-electron chi connectivity index (χ2n) is 5.17. The zero-order chi connectivity index (χ0) is 10.9. The number of carbonyl (C=O) groups is 1. The van der Waals surface area contributed by atoms with Gasteiger partial charge in [-0.15, -0.1) is 0 Å². The maximum atomic E-state index is 11.4. The highest BCUT2D eigenvalue weighted by Gasteiger charge is 2.44. The summed E-state index contributed by atoms with van der Waals surface area (Å²) in [6.07, 6.45) is 2.77. The molecular weight excluding hydrogens is 176 g/mol. The van der Waals surface area contributed by atoms with Gasteiger partial charge in [0.2, 0.25) is 0 Å². The molecule has 3 atom stereocenters. The lowest BCUT2D eigenvalue weighted by molar-refractivity contribution is -0.147. The summed E-state index contributed by atoms with van der Waals surface area (Å²) >= 11 is 0. The van der Waals surface area contributed by atoms with Gasteiger partial charge in [0.15, 0.2) is 5.78 Å². The van der Waals surface area contributed by atoms with Crippen LogP contribution in [0, 0.1) is 17.8 Å². The maximum Gasteiger partial charge on any atom is 0.161 e. The predicted octanol–water partition coefficient (Wildman–Crippen LogP) is 2.40. The van der Waals surface area contributed by atoms with Crippen molar-refractivity contribution in [3.63, 3.8) is 0 Å². The molecule has 2 nitrogen and oxygen atoms in total. The molecule has 0 unspecified atom stereocenters. The van der Waals surface area contributed by atoms with E-state index in [1.807, 2.05) is 6.92 Å². The van der Waals surface area contributed by atoms with Crippen molar-refractivity contribution in [3.8, 4) is 0 Å². The number of hydrogen-bond acceptors (Lipinski definition) is 2. The molecule has 14 heavy (non-hydrogen) atoms. The summed E-state index contributed by atoms with van der Waals surface area (Å²) in [5, 5.41) is 10.3. The first-order valence-corrected chi connectivity index (χ1v) is 5.61. The molecule has 1 rings (SSSR count). The van der Waals surface area contributed by atoms with E-state index >= 15 is 0 Å². The normalized spacial score (nSPS) is 38.7. The van der Waals surface area contributed by atoms with Crippen molar-refractivity contribution >= 4 is 5.78 Å². The molecule has 0 aromatic carbocycles. The topological polar surface area (TPSA) is 37.3 Å². The second kappa shape index (κ2) is 4.01. The molecule has 1 aliphatic carbocycles. The number of aliphatic hydroxyl groups is 1. The van der Waals surface area contributed by atoms with Crippen molar-refractivity contribution in [3.05, 3.63) is 0 Å². The number of ketones is 1. The van der Waals surface area contributed by atoms with Crippen LogP contribution in [0.4, 0.5) is 0 Å². The number of Topliss-reactive ketones (excluding diaryl/α,β-unsaturated/α-hetero) is 1. The Morgan fingerprint density at radius 1 is 1.43 bits per heavy atom. The average molecular weight is 198 g/mol. The quantitative estimate of drug-likeness (QED) is 0.739. The van der Waals surface area contributed by atoms with Gasteiger partial charge < -0.3 is 5.11 Å². The van der Waals surface area contributed by atoms with Crippen LogP contribution in [0.15, 0.2) is 0 Å². The Balaban J connectivity index is 2.78. The molecule has 0 bridgehead atoms. The molecule has 0 heterocycles. The first kappa shape index (κ1) is 11.7. The van der Waals surface area contributed by atoms with Crippen molar-refractivity contribution < 1.29 is 9.90 Å². The van der Waals surface area contributed by atoms with Crippen LogP contribution in [0.25, 0.3) is 0 Å². The fourth-order valence-corrected chi connectivity index (χ4v) is 2.47. The third-order valence-electron chi connectivity index (χ3n) is 3.91. The van der Waals surface area contributed by atoms with E-state index in [9.17, 15) is 9.90 Å². The summed E-state index contributed by atoms with van der Waals surface area (Å²) in [6, 6.07) is 0. The van der Waals surface area contributed by atoms with Gasteiger partial charge in [0.1, 0.15) is 5.60 Å². The van der Waals surface area contributed by atoms with E-state index in [0.717, 1.165) is 12.8 Å². The van der Waals surface area contributed by atoms with Gasteiger partial charge in [0, 0.05) is 0 Å². The van der Waals surface area contributed by atoms with Gasteiger partial charge in [-0.2, -0.15) is 0 Å². The van der Waals surface area contributed by atoms with Crippen LogP contribution >= 0.6 is 0 Å². The molecule has 1 fully saturated rings. The average Bonchev–Trinajstić information content (AvgIpc) is 2.09. The highest BCUT2D eigenvalue weighted by molar-refractivity contribution is 5.85. The maximum absolute atomic E-state index is 11.4. The summed E-state index contributed by atoms with van der Waals surface area (Å²) in [4.78, 5) is 11.4. The van der Waals surface area contributed by atoms with Gasteiger partial charge >= 0.3 is 0 Å². The SMILES string of the molecule is CC(=O)[C@@]1(O)C[C@@H](C(C)C)CC[C@H]1C. The molecule has 1 saturated carbocycles. The van der Waals surface area contributed by atoms with Crippen molar-refractivity contribution in [2.45, 2.75) is 52.6 Å². The standard InChI is InChI=1S/C12H22O2/c1-8(2)11-6-5-9(3)12(14,7-11)10(4)13/h8-9,11,14H,5-7H2,1-4H3/t9-,11+,12-/m1/s1. The molecular formula is C12H22O2. The van der Waals surface area contributed by atoms with E-state index in [4.69, 9.17) is 0 Å². The zero-order valence-electron chi connectivity index (χ0n) is 9.71. The number of rotatable bonds is 2. The lowest BCUT2D eigenvalue weighted by atomic mass is 9.67. The molecule has 0 amide bonds. The molecule has 0 saturated heterocycles. The van der Waals surface area contributed by atoms with E-state index in [1.54, 1.807) is 0 Å². The van der Waals surface area contributed by atoms with Gasteiger partial charge in [-0.1, -0.05) is 20.8 Å². The van der Waals surface area contributed by atoms with E-state index < -0.39 is 5.60 Å². The summed E-state index contributed by atoms with van der Waals surface area (Å²) < 4.78 is 0. The first-order chi connectivity index (χ1) is 6.38. The van der Waals surface area contributed by atoms with Crippen LogP contribution in [0.1, 0.15) is 47.0 Å². The molecule has 2 heteroatoms. The van der Waals surface area contributed by atoms with Crippen LogP contribution < -0.4 is 0 Å². The van der Waals surface area contributed by atoms with Crippen molar-refractivity contribution in [2.75, 3.05) is 0 Å². The highest BCUT2D eigenvalue weighted by atomic mass is 16.3. The highest BCUT2D eigenvalue weighted by Crippen LogP contribution is 2.40. The Kier molecular flexibility index (Phi) is 3.36. The van der Waals surface area contributed by atoms with Gasteiger partial charge in [0.05, 0.1) is 0 Å². The summed E-state index contributed by atoms with van der Waals surface area (Å²) in [6.45, 7) is 7.83. The van der Waals surface area contributed by atoms with Gasteiger partial charge in [-0.05, 0) is 43.9 Å². The Labute approximate surface area is 86.7 Å². The first-order valence-electron chi connectivity index (χ1n) is 5.61. The summed E-state index contributed by atoms with van der Waals surface area (Å²) in [7, 11) is 0. The Hall–Kier alpha value is -0.370. The van der Waals surface area contributed by atoms with Crippen molar-refractivity contribution in [1.29, 1.82) is 0 Å². The number of carbonyl (C=O) groups excluding carboxylic acids is 1. The van der Waals surface area contributed by atoms with E-state index in [-0.39, 0.29) is 11.7 Å². The van der Waals surface area contributed by atoms with Crippen LogP contribution in [0.5, 0.6) is 0 Å². The van der Waals surface area contributed by atoms with Crippen LogP contribution in [-0.4, -0.2) is 16.5 Å². The van der Waals surface area contributed by atoms with E-state index in [0.29, 0.717) is 18.3 Å². The fourth-order valence-electron chi connectivity index (χ4n) is 2.47. The van der Waals surface area contributed by atoms with Crippen molar-refractivity contribution in [2.24, 2.45) is 17.8 Å². The Morgan fingerprint density at radius 3 is 2.43 bits per heavy atom. The lowest BCUT2D eigenvalue weighted by Gasteiger charge is -2.41. The monoisotopic (exact) mass is 198 g/mol. The lowest BCUT2D eigenvalue weighted by Crippen LogP contribution is -2.48. The summed E-state index contributed by atoms with van der Waals surface area (Å²) in [5.74, 6) is 1.12. The minimum absolute atomic E-state index is 0.0599. The van der Waals surface area contributed by atoms with E-state index in [2.05, 4.69) is 13.8 Å². The van der Waals surface area contributed by atoms with Gasteiger partial charge in [-0.25, -0.2) is 0 Å². The molecule has 0 aliphatic heterocycles. The molecule has 82 valence electrons. The fraction of sp³-hybridized carbons (Fsp3) is 0.917. The molecule has 0 aromatic rings. The van der Waals surface area contributed by atoms with Crippen molar-refractivity contribution in [1.82, 2.24) is 0 Å².